The summed E-state index contributed by atoms with van der Waals surface area (Å²) >= 11 is 0. The molecule has 0 spiro atoms. The first-order valence-corrected chi connectivity index (χ1v) is 14.1. The highest BCUT2D eigenvalue weighted by Crippen LogP contribution is 2.36. The molecule has 1 fully saturated rings. The fourth-order valence-electron chi connectivity index (χ4n) is 6.19. The van der Waals surface area contributed by atoms with Gasteiger partial charge < -0.3 is 14.0 Å². The van der Waals surface area contributed by atoms with Gasteiger partial charge >= 0.3 is 6.18 Å². The van der Waals surface area contributed by atoms with Crippen molar-refractivity contribution in [2.45, 2.75) is 77.9 Å². The van der Waals surface area contributed by atoms with Crippen molar-refractivity contribution in [2.75, 3.05) is 18.0 Å². The fourth-order valence-corrected chi connectivity index (χ4v) is 6.19. The van der Waals surface area contributed by atoms with Crippen molar-refractivity contribution in [2.24, 2.45) is 7.05 Å². The highest BCUT2D eigenvalue weighted by atomic mass is 19.4. The number of nitrogens with zero attached hydrogens (tertiary/aromatic N) is 8. The van der Waals surface area contributed by atoms with Crippen LogP contribution in [0.4, 0.5) is 18.9 Å². The van der Waals surface area contributed by atoms with Gasteiger partial charge in [-0.3, -0.25) is 14.4 Å². The van der Waals surface area contributed by atoms with Crippen LogP contribution in [-0.2, 0) is 26.3 Å². The van der Waals surface area contributed by atoms with Crippen molar-refractivity contribution >= 4 is 27.8 Å². The zero-order valence-electron chi connectivity index (χ0n) is 24.0. The van der Waals surface area contributed by atoms with Crippen LogP contribution in [0.3, 0.4) is 0 Å². The van der Waals surface area contributed by atoms with E-state index < -0.39 is 11.7 Å². The standard InChI is InChI=1S/C29H35F3N8O/c1-6-20-16-40(24-14-26(41)36(5)25-17-37(12-11-33)35-27(24)25)21(7-2)15-39(20)18(4)28-34-22-13-19(29(30,31)32)9-10-23(22)38(28)8-3/h9-10,13-14,17-18,20-21H,6-8,12,15-16H2,1-5H3/t18?,20-,21+/m1/s1. The summed E-state index contributed by atoms with van der Waals surface area (Å²) < 4.78 is 45.3. The number of fused-ring (bicyclic) bond motifs is 2. The van der Waals surface area contributed by atoms with E-state index in [0.717, 1.165) is 36.5 Å². The molecule has 5 rings (SSSR count). The fraction of sp³-hybridized carbons (Fsp3) is 0.517. The van der Waals surface area contributed by atoms with E-state index in [1.54, 1.807) is 28.6 Å². The molecule has 4 heterocycles. The number of benzene rings is 1. The summed E-state index contributed by atoms with van der Waals surface area (Å²) in [6.07, 6.45) is -1.05. The molecule has 4 aromatic rings. The second-order valence-corrected chi connectivity index (χ2v) is 10.7. The normalized spacial score (nSPS) is 19.2. The van der Waals surface area contributed by atoms with Gasteiger partial charge in [-0.1, -0.05) is 13.8 Å². The maximum absolute atomic E-state index is 13.4. The minimum atomic E-state index is -4.43. The van der Waals surface area contributed by atoms with Crippen LogP contribution in [0.2, 0.25) is 0 Å². The predicted molar refractivity (Wildman–Crippen MR) is 152 cm³/mol. The van der Waals surface area contributed by atoms with Gasteiger partial charge in [-0.05, 0) is 44.9 Å². The molecule has 41 heavy (non-hydrogen) atoms. The van der Waals surface area contributed by atoms with Crippen LogP contribution >= 0.6 is 0 Å². The molecule has 9 nitrogen and oxygen atoms in total. The lowest BCUT2D eigenvalue weighted by Crippen LogP contribution is -2.59. The van der Waals surface area contributed by atoms with Crippen LogP contribution in [0.5, 0.6) is 0 Å². The average molecular weight is 569 g/mol. The van der Waals surface area contributed by atoms with Gasteiger partial charge in [0.05, 0.1) is 46.1 Å². The number of hydrogen-bond acceptors (Lipinski definition) is 6. The van der Waals surface area contributed by atoms with Crippen molar-refractivity contribution in [3.05, 3.63) is 52.2 Å². The van der Waals surface area contributed by atoms with Gasteiger partial charge in [0.15, 0.2) is 0 Å². The minimum Gasteiger partial charge on any atom is -0.364 e. The molecule has 3 aromatic heterocycles. The molecular weight excluding hydrogens is 533 g/mol. The maximum Gasteiger partial charge on any atom is 0.416 e. The molecule has 0 radical (unpaired) electrons. The Morgan fingerprint density at radius 3 is 2.46 bits per heavy atom. The van der Waals surface area contributed by atoms with Crippen molar-refractivity contribution in [1.29, 1.82) is 5.26 Å². The van der Waals surface area contributed by atoms with E-state index in [2.05, 4.69) is 41.7 Å². The van der Waals surface area contributed by atoms with E-state index in [0.29, 0.717) is 41.7 Å². The van der Waals surface area contributed by atoms with Crippen LogP contribution in [-0.4, -0.2) is 54.0 Å². The monoisotopic (exact) mass is 568 g/mol. The molecule has 1 saturated heterocycles. The van der Waals surface area contributed by atoms with Crippen LogP contribution in [0, 0.1) is 11.3 Å². The number of alkyl halides is 3. The molecule has 1 aliphatic heterocycles. The SMILES string of the molecule is CC[C@H]1CN(C(C)c2nc3cc(C(F)(F)F)ccc3n2CC)[C@H](CC)CN1c1cc(=O)n(C)c2cn(CC#N)nc12. The number of aromatic nitrogens is 5. The molecule has 12 heteroatoms. The van der Waals surface area contributed by atoms with Crippen molar-refractivity contribution in [3.8, 4) is 6.07 Å². The van der Waals surface area contributed by atoms with Crippen molar-refractivity contribution in [3.63, 3.8) is 0 Å². The number of imidazole rings is 1. The largest absolute Gasteiger partial charge is 0.416 e. The zero-order chi connectivity index (χ0) is 29.6. The summed E-state index contributed by atoms with van der Waals surface area (Å²) in [4.78, 5) is 22.4. The van der Waals surface area contributed by atoms with Gasteiger partial charge in [0.1, 0.15) is 17.9 Å². The zero-order valence-corrected chi connectivity index (χ0v) is 24.0. The number of piperazine rings is 1. The highest BCUT2D eigenvalue weighted by Gasteiger charge is 2.38. The first kappa shape index (κ1) is 28.7. The smallest absolute Gasteiger partial charge is 0.364 e. The Balaban J connectivity index is 1.53. The molecule has 0 saturated carbocycles. The van der Waals surface area contributed by atoms with Gasteiger partial charge in [-0.15, -0.1) is 0 Å². The Bertz CT molecular complexity index is 1680. The summed E-state index contributed by atoms with van der Waals surface area (Å²) in [5.74, 6) is 0.745. The number of hydrogen-bond donors (Lipinski definition) is 0. The Labute approximate surface area is 236 Å². The third-order valence-electron chi connectivity index (χ3n) is 8.45. The third-order valence-corrected chi connectivity index (χ3v) is 8.45. The number of nitriles is 1. The van der Waals surface area contributed by atoms with Gasteiger partial charge in [-0.2, -0.15) is 23.5 Å². The van der Waals surface area contributed by atoms with Crippen LogP contribution in [0.1, 0.15) is 58.0 Å². The van der Waals surface area contributed by atoms with E-state index >= 15 is 0 Å². The van der Waals surface area contributed by atoms with E-state index in [9.17, 15) is 23.2 Å². The molecule has 0 bridgehead atoms. The van der Waals surface area contributed by atoms with E-state index in [1.807, 2.05) is 11.5 Å². The number of rotatable bonds is 7. The first-order valence-electron chi connectivity index (χ1n) is 14.1. The molecule has 0 amide bonds. The molecular formula is C29H35F3N8O. The molecule has 0 aliphatic carbocycles. The lowest BCUT2D eigenvalue weighted by molar-refractivity contribution is -0.137. The Morgan fingerprint density at radius 1 is 1.10 bits per heavy atom. The summed E-state index contributed by atoms with van der Waals surface area (Å²) in [6, 6.07) is 7.53. The van der Waals surface area contributed by atoms with Crippen LogP contribution in [0.15, 0.2) is 35.3 Å². The summed E-state index contributed by atoms with van der Waals surface area (Å²) in [6.45, 7) is 10.3. The lowest BCUT2D eigenvalue weighted by Gasteiger charge is -2.49. The first-order chi connectivity index (χ1) is 19.5. The topological polar surface area (TPSA) is 87.9 Å². The molecule has 218 valence electrons. The highest BCUT2D eigenvalue weighted by molar-refractivity contribution is 5.88. The summed E-state index contributed by atoms with van der Waals surface area (Å²) in [7, 11) is 1.70. The maximum atomic E-state index is 13.4. The van der Waals surface area contributed by atoms with Crippen LogP contribution in [0.25, 0.3) is 22.1 Å². The van der Waals surface area contributed by atoms with E-state index in [4.69, 9.17) is 4.98 Å². The van der Waals surface area contributed by atoms with Crippen molar-refractivity contribution in [1.82, 2.24) is 28.8 Å². The second-order valence-electron chi connectivity index (χ2n) is 10.7. The van der Waals surface area contributed by atoms with Gasteiger partial charge in [0, 0.05) is 44.8 Å². The van der Waals surface area contributed by atoms with Crippen LogP contribution < -0.4 is 10.5 Å². The number of pyridine rings is 1. The Morgan fingerprint density at radius 2 is 1.83 bits per heavy atom. The lowest BCUT2D eigenvalue weighted by atomic mass is 9.99. The quantitative estimate of drug-likeness (QED) is 0.309. The minimum absolute atomic E-state index is 0.0629. The second kappa shape index (κ2) is 10.9. The summed E-state index contributed by atoms with van der Waals surface area (Å²) in [5.41, 5.74) is 2.32. The molecule has 0 N–H and O–H groups in total. The third kappa shape index (κ3) is 4.96. The predicted octanol–water partition coefficient (Wildman–Crippen LogP) is 5.09. The molecule has 1 aromatic carbocycles. The Hall–Kier alpha value is -3.85. The molecule has 3 atom stereocenters. The number of halogens is 3. The number of aryl methyl sites for hydroxylation is 2. The molecule has 1 unspecified atom stereocenters. The van der Waals surface area contributed by atoms with E-state index in [-0.39, 0.29) is 30.2 Å². The Kier molecular flexibility index (Phi) is 7.59. The van der Waals surface area contributed by atoms with Gasteiger partial charge in [0.25, 0.3) is 5.56 Å². The van der Waals surface area contributed by atoms with Gasteiger partial charge in [-0.25, -0.2) is 4.98 Å². The van der Waals surface area contributed by atoms with E-state index in [1.165, 1.54) is 6.07 Å². The van der Waals surface area contributed by atoms with Gasteiger partial charge in [0.2, 0.25) is 0 Å². The summed E-state index contributed by atoms with van der Waals surface area (Å²) in [5, 5.41) is 13.8. The number of anilines is 1. The molecule has 1 aliphatic rings. The van der Waals surface area contributed by atoms with Crippen molar-refractivity contribution < 1.29 is 13.2 Å². The average Bonchev–Trinajstić information content (AvgIpc) is 3.55.